The van der Waals surface area contributed by atoms with Crippen molar-refractivity contribution in [2.45, 2.75) is 12.5 Å². The molecule has 0 saturated carbocycles. The summed E-state index contributed by atoms with van der Waals surface area (Å²) in [6, 6.07) is 9.43. The van der Waals surface area contributed by atoms with Gasteiger partial charge in [0.2, 0.25) is 5.60 Å². The second-order valence-corrected chi connectivity index (χ2v) is 3.54. The van der Waals surface area contributed by atoms with E-state index in [4.69, 9.17) is 9.94 Å². The molecule has 0 aliphatic carbocycles. The number of hydrogen-bond acceptors (Lipinski definition) is 3. The van der Waals surface area contributed by atoms with Crippen molar-refractivity contribution in [3.8, 4) is 0 Å². The lowest BCUT2D eigenvalue weighted by atomic mass is 10.0. The first-order chi connectivity index (χ1) is 7.12. The van der Waals surface area contributed by atoms with Crippen LogP contribution in [0.2, 0.25) is 0 Å². The van der Waals surface area contributed by atoms with Gasteiger partial charge in [0.25, 0.3) is 0 Å². The number of carboxylic acids is 1. The largest absolute Gasteiger partial charge is 0.479 e. The molecule has 0 amide bonds. The summed E-state index contributed by atoms with van der Waals surface area (Å²) in [7, 11) is 0. The molecule has 15 heavy (non-hydrogen) atoms. The Labute approximate surface area is 87.1 Å². The zero-order valence-corrected chi connectivity index (χ0v) is 8.23. The smallest absolute Gasteiger partial charge is 0.342 e. The number of nitrogens with one attached hydrogen (secondary N) is 1. The summed E-state index contributed by atoms with van der Waals surface area (Å²) in [5.74, 6) is -1.01. The van der Waals surface area contributed by atoms with Crippen LogP contribution in [-0.2, 0) is 9.63 Å². The molecule has 1 unspecified atom stereocenters. The summed E-state index contributed by atoms with van der Waals surface area (Å²) < 4.78 is 0. The van der Waals surface area contributed by atoms with Crippen molar-refractivity contribution in [2.75, 3.05) is 0 Å². The Bertz CT molecular complexity index is 413. The van der Waals surface area contributed by atoms with E-state index < -0.39 is 11.6 Å². The second-order valence-electron chi connectivity index (χ2n) is 3.54. The molecule has 0 fully saturated rings. The Morgan fingerprint density at radius 3 is 2.60 bits per heavy atom. The summed E-state index contributed by atoms with van der Waals surface area (Å²) in [5.41, 5.74) is 2.92. The molecule has 0 aromatic heterocycles. The predicted octanol–water partition coefficient (Wildman–Crippen LogP) is 1.41. The summed E-state index contributed by atoms with van der Waals surface area (Å²) in [6.45, 7) is 1.50. The number of carbonyl (C=O) groups is 1. The van der Waals surface area contributed by atoms with Crippen molar-refractivity contribution >= 4 is 11.7 Å². The highest BCUT2D eigenvalue weighted by atomic mass is 16.7. The standard InChI is InChI=1S/C11H11NO3/c1-11(10(13)14)7-9(12-15-11)8-5-3-2-4-6-8/h2-7,12H,1H3,(H,13,14). The molecule has 4 heteroatoms. The number of rotatable bonds is 2. The van der Waals surface area contributed by atoms with Crippen LogP contribution in [0.1, 0.15) is 12.5 Å². The van der Waals surface area contributed by atoms with E-state index in [0.29, 0.717) is 5.70 Å². The van der Waals surface area contributed by atoms with E-state index in [-0.39, 0.29) is 0 Å². The van der Waals surface area contributed by atoms with Crippen LogP contribution in [0.3, 0.4) is 0 Å². The van der Waals surface area contributed by atoms with Gasteiger partial charge in [-0.3, -0.25) is 10.3 Å². The molecule has 1 atom stereocenters. The van der Waals surface area contributed by atoms with E-state index in [2.05, 4.69) is 5.48 Å². The topological polar surface area (TPSA) is 58.6 Å². The Hall–Kier alpha value is -1.81. The van der Waals surface area contributed by atoms with Crippen LogP contribution >= 0.6 is 0 Å². The van der Waals surface area contributed by atoms with Gasteiger partial charge in [0.05, 0.1) is 5.70 Å². The lowest BCUT2D eigenvalue weighted by Gasteiger charge is -2.12. The van der Waals surface area contributed by atoms with Crippen LogP contribution in [0, 0.1) is 0 Å². The van der Waals surface area contributed by atoms with Crippen LogP contribution in [0.4, 0.5) is 0 Å². The molecule has 0 bridgehead atoms. The molecule has 0 spiro atoms. The Morgan fingerprint density at radius 2 is 2.07 bits per heavy atom. The maximum atomic E-state index is 10.9. The lowest BCUT2D eigenvalue weighted by molar-refractivity contribution is -0.159. The molecule has 1 aliphatic heterocycles. The zero-order chi connectivity index (χ0) is 10.9. The highest BCUT2D eigenvalue weighted by Crippen LogP contribution is 2.25. The van der Waals surface area contributed by atoms with Crippen molar-refractivity contribution in [1.29, 1.82) is 0 Å². The van der Waals surface area contributed by atoms with Gasteiger partial charge < -0.3 is 5.11 Å². The van der Waals surface area contributed by atoms with Crippen LogP contribution in [0.25, 0.3) is 5.70 Å². The highest BCUT2D eigenvalue weighted by molar-refractivity contribution is 5.84. The summed E-state index contributed by atoms with van der Waals surface area (Å²) in [6.07, 6.45) is 1.56. The van der Waals surface area contributed by atoms with Crippen LogP contribution in [-0.4, -0.2) is 16.7 Å². The van der Waals surface area contributed by atoms with E-state index >= 15 is 0 Å². The van der Waals surface area contributed by atoms with Gasteiger partial charge in [-0.25, -0.2) is 4.79 Å². The highest BCUT2D eigenvalue weighted by Gasteiger charge is 2.38. The van der Waals surface area contributed by atoms with Crippen molar-refractivity contribution in [2.24, 2.45) is 0 Å². The fourth-order valence-corrected chi connectivity index (χ4v) is 1.36. The van der Waals surface area contributed by atoms with Crippen molar-refractivity contribution in [3.05, 3.63) is 42.0 Å². The molecule has 1 aliphatic rings. The van der Waals surface area contributed by atoms with Gasteiger partial charge in [-0.1, -0.05) is 30.3 Å². The van der Waals surface area contributed by atoms with E-state index in [1.807, 2.05) is 30.3 Å². The molecular formula is C11H11NO3. The number of hydrogen-bond donors (Lipinski definition) is 2. The lowest BCUT2D eigenvalue weighted by Crippen LogP contribution is -2.35. The predicted molar refractivity (Wildman–Crippen MR) is 54.7 cm³/mol. The SMILES string of the molecule is CC1(C(=O)O)C=C(c2ccccc2)NO1. The third kappa shape index (κ3) is 1.71. The summed E-state index contributed by atoms with van der Waals surface area (Å²) in [4.78, 5) is 15.9. The second kappa shape index (κ2) is 3.40. The van der Waals surface area contributed by atoms with E-state index in [1.165, 1.54) is 6.92 Å². The molecule has 0 radical (unpaired) electrons. The third-order valence-corrected chi connectivity index (χ3v) is 2.30. The number of benzene rings is 1. The molecule has 2 N–H and O–H groups in total. The Kier molecular flexibility index (Phi) is 2.21. The van der Waals surface area contributed by atoms with Crippen molar-refractivity contribution in [1.82, 2.24) is 5.48 Å². The average Bonchev–Trinajstić information content (AvgIpc) is 2.64. The molecular weight excluding hydrogens is 194 g/mol. The van der Waals surface area contributed by atoms with Crippen LogP contribution in [0.15, 0.2) is 36.4 Å². The molecule has 2 rings (SSSR count). The Morgan fingerprint density at radius 1 is 1.40 bits per heavy atom. The monoisotopic (exact) mass is 205 g/mol. The minimum Gasteiger partial charge on any atom is -0.479 e. The summed E-state index contributed by atoms with van der Waals surface area (Å²) >= 11 is 0. The average molecular weight is 205 g/mol. The van der Waals surface area contributed by atoms with E-state index in [0.717, 1.165) is 5.56 Å². The normalized spacial score (nSPS) is 24.5. The molecule has 1 heterocycles. The van der Waals surface area contributed by atoms with Gasteiger partial charge in [0.1, 0.15) is 0 Å². The van der Waals surface area contributed by atoms with Gasteiger partial charge in [0.15, 0.2) is 0 Å². The minimum absolute atomic E-state index is 0.681. The van der Waals surface area contributed by atoms with E-state index in [1.54, 1.807) is 6.08 Å². The van der Waals surface area contributed by atoms with Gasteiger partial charge in [-0.05, 0) is 18.6 Å². The van der Waals surface area contributed by atoms with Gasteiger partial charge in [-0.15, -0.1) is 0 Å². The van der Waals surface area contributed by atoms with E-state index in [9.17, 15) is 4.79 Å². The maximum Gasteiger partial charge on any atom is 0.342 e. The van der Waals surface area contributed by atoms with Gasteiger partial charge in [-0.2, -0.15) is 0 Å². The first kappa shape index (κ1) is 9.73. The maximum absolute atomic E-state index is 10.9. The number of hydroxylamine groups is 1. The quantitative estimate of drug-likeness (QED) is 0.766. The molecule has 1 aromatic rings. The molecule has 1 aromatic carbocycles. The van der Waals surface area contributed by atoms with Crippen molar-refractivity contribution in [3.63, 3.8) is 0 Å². The fourth-order valence-electron chi connectivity index (χ4n) is 1.36. The molecule has 4 nitrogen and oxygen atoms in total. The van der Waals surface area contributed by atoms with Gasteiger partial charge >= 0.3 is 5.97 Å². The number of aliphatic carboxylic acids is 1. The minimum atomic E-state index is -1.29. The molecule has 78 valence electrons. The zero-order valence-electron chi connectivity index (χ0n) is 8.23. The van der Waals surface area contributed by atoms with Gasteiger partial charge in [0, 0.05) is 0 Å². The fraction of sp³-hybridized carbons (Fsp3) is 0.182. The van der Waals surface area contributed by atoms with Crippen LogP contribution < -0.4 is 5.48 Å². The summed E-state index contributed by atoms with van der Waals surface area (Å²) in [5, 5.41) is 8.93. The third-order valence-electron chi connectivity index (χ3n) is 2.30. The van der Waals surface area contributed by atoms with Crippen molar-refractivity contribution < 1.29 is 14.7 Å². The first-order valence-corrected chi connectivity index (χ1v) is 4.57. The Balaban J connectivity index is 2.32. The van der Waals surface area contributed by atoms with Crippen LogP contribution in [0.5, 0.6) is 0 Å². The first-order valence-electron chi connectivity index (χ1n) is 4.57. The molecule has 0 saturated heterocycles. The number of carboxylic acid groups (broad SMARTS) is 1.